The summed E-state index contributed by atoms with van der Waals surface area (Å²) in [4.78, 5) is 0. The summed E-state index contributed by atoms with van der Waals surface area (Å²) in [6, 6.07) is 49.7. The Morgan fingerprint density at radius 2 is 0.562 bits per heavy atom. The molecule has 0 amide bonds. The molecule has 5 aromatic carbocycles. The van der Waals surface area contributed by atoms with Gasteiger partial charge in [-0.15, -0.1) is 24.3 Å². The molecule has 3 radical (unpaired) electrons. The minimum atomic E-state index is 0. The summed E-state index contributed by atoms with van der Waals surface area (Å²) >= 11 is 0. The van der Waals surface area contributed by atoms with Gasteiger partial charge in [0.2, 0.25) is 0 Å². The van der Waals surface area contributed by atoms with Crippen LogP contribution in [0.3, 0.4) is 0 Å². The summed E-state index contributed by atoms with van der Waals surface area (Å²) in [7, 11) is 0. The van der Waals surface area contributed by atoms with Crippen LogP contribution in [-0.2, 0) is 50.3 Å². The monoisotopic (exact) mass is 554 g/mol. The van der Waals surface area contributed by atoms with Gasteiger partial charge in [-0.1, -0.05) is 12.1 Å². The zero-order valence-electron chi connectivity index (χ0n) is 17.8. The first-order valence-electron chi connectivity index (χ1n) is 9.53. The summed E-state index contributed by atoms with van der Waals surface area (Å²) in [6.45, 7) is 7.44. The Labute approximate surface area is 225 Å². The van der Waals surface area contributed by atoms with Crippen LogP contribution in [0.15, 0.2) is 152 Å². The van der Waals surface area contributed by atoms with E-state index in [-0.39, 0.29) is 50.3 Å². The normalized spacial score (nSPS) is 7.50. The molecular weight excluding hydrogens is 525 g/mol. The third-order valence-electron chi connectivity index (χ3n) is 3.35. The molecule has 0 fully saturated rings. The Morgan fingerprint density at radius 3 is 0.656 bits per heavy atom. The van der Waals surface area contributed by atoms with Gasteiger partial charge in [0.25, 0.3) is 0 Å². The Morgan fingerprint density at radius 1 is 0.344 bits per heavy atom. The number of hydrogen-bond acceptors (Lipinski definition) is 0. The minimum Gasteiger partial charge on any atom is -0.214 e. The maximum atomic E-state index is 3.72. The number of hydrogen-bond donors (Lipinski definition) is 0. The van der Waals surface area contributed by atoms with E-state index in [1.807, 2.05) is 152 Å². The second-order valence-corrected chi connectivity index (χ2v) is 5.86. The summed E-state index contributed by atoms with van der Waals surface area (Å²) in [6.07, 6.45) is 0. The molecule has 0 saturated heterocycles. The molecule has 0 aliphatic carbocycles. The van der Waals surface area contributed by atoms with Gasteiger partial charge in [-0.25, -0.2) is 36.4 Å². The Balaban J connectivity index is -0.000000324. The summed E-state index contributed by atoms with van der Waals surface area (Å²) in [5.74, 6) is 0. The molecule has 0 saturated carbocycles. The first-order valence-corrected chi connectivity index (χ1v) is 9.53. The summed E-state index contributed by atoms with van der Waals surface area (Å²) < 4.78 is 0. The molecule has 0 nitrogen and oxygen atoms in total. The molecule has 32 heavy (non-hydrogen) atoms. The van der Waals surface area contributed by atoms with Gasteiger partial charge in [0.15, 0.2) is 0 Å². The topological polar surface area (TPSA) is 0 Å². The Bertz CT molecular complexity index is 697. The molecule has 0 unspecified atom stereocenters. The average Bonchev–Trinajstić information content (AvgIpc) is 3.58. The quantitative estimate of drug-likeness (QED) is 0.171. The van der Waals surface area contributed by atoms with Crippen molar-refractivity contribution in [1.82, 2.24) is 0 Å². The fourth-order valence-electron chi connectivity index (χ4n) is 1.92. The van der Waals surface area contributed by atoms with Crippen molar-refractivity contribution in [3.05, 3.63) is 177 Å². The Hall–Kier alpha value is -2.25. The minimum absolute atomic E-state index is 0. The number of rotatable bonds is 0. The zero-order valence-corrected chi connectivity index (χ0v) is 21.0. The van der Waals surface area contributed by atoms with Crippen molar-refractivity contribution in [2.75, 3.05) is 0 Å². The van der Waals surface area contributed by atoms with E-state index in [0.29, 0.717) is 0 Å². The zero-order chi connectivity index (χ0) is 20.8. The molecule has 5 aromatic rings. The van der Waals surface area contributed by atoms with Gasteiger partial charge < -0.3 is 0 Å². The smallest absolute Gasteiger partial charge is 0 e. The first kappa shape index (κ1) is 34.4. The summed E-state index contributed by atoms with van der Waals surface area (Å²) in [5, 5.41) is 0. The average molecular weight is 554 g/mol. The SMILES string of the molecule is [CH2-]c1ccccc1.[CH2-]c1ccccc1.[Co].[Co].[Co].c1cc[cH-]c1.c1cc[cH-]c1.c1cc[cH-]c1. The van der Waals surface area contributed by atoms with Crippen LogP contribution in [0.25, 0.3) is 0 Å². The molecule has 0 bridgehead atoms. The van der Waals surface area contributed by atoms with Crippen molar-refractivity contribution in [3.63, 3.8) is 0 Å². The van der Waals surface area contributed by atoms with Gasteiger partial charge in [0, 0.05) is 50.3 Å². The molecule has 177 valence electrons. The third kappa shape index (κ3) is 24.0. The molecular formula is C29H29Co3-5. The number of benzene rings is 2. The molecule has 0 aliphatic heterocycles. The van der Waals surface area contributed by atoms with E-state index in [2.05, 4.69) is 13.8 Å². The maximum absolute atomic E-state index is 3.72. The molecule has 5 rings (SSSR count). The van der Waals surface area contributed by atoms with E-state index >= 15 is 0 Å². The molecule has 0 N–H and O–H groups in total. The first-order chi connectivity index (χ1) is 14.3. The van der Waals surface area contributed by atoms with Crippen LogP contribution in [0, 0.1) is 13.8 Å². The predicted molar refractivity (Wildman–Crippen MR) is 128 cm³/mol. The van der Waals surface area contributed by atoms with E-state index < -0.39 is 0 Å². The van der Waals surface area contributed by atoms with E-state index in [0.717, 1.165) is 11.1 Å². The van der Waals surface area contributed by atoms with Gasteiger partial charge >= 0.3 is 0 Å². The van der Waals surface area contributed by atoms with E-state index in [9.17, 15) is 0 Å². The van der Waals surface area contributed by atoms with Crippen molar-refractivity contribution in [2.24, 2.45) is 0 Å². The Kier molecular flexibility index (Phi) is 28.8. The largest absolute Gasteiger partial charge is 0.214 e. The van der Waals surface area contributed by atoms with E-state index in [4.69, 9.17) is 0 Å². The van der Waals surface area contributed by atoms with Crippen LogP contribution in [0.2, 0.25) is 0 Å². The van der Waals surface area contributed by atoms with Gasteiger partial charge in [0.1, 0.15) is 0 Å². The van der Waals surface area contributed by atoms with Crippen molar-refractivity contribution in [3.8, 4) is 0 Å². The van der Waals surface area contributed by atoms with Gasteiger partial charge in [-0.2, -0.15) is 104 Å². The summed E-state index contributed by atoms with van der Waals surface area (Å²) in [5.41, 5.74) is 2.14. The van der Waals surface area contributed by atoms with Crippen LogP contribution in [0.4, 0.5) is 0 Å². The van der Waals surface area contributed by atoms with Crippen molar-refractivity contribution in [2.45, 2.75) is 0 Å². The molecule has 0 spiro atoms. The third-order valence-corrected chi connectivity index (χ3v) is 3.35. The predicted octanol–water partition coefficient (Wildman–Crippen LogP) is 7.95. The molecule has 0 aromatic heterocycles. The van der Waals surface area contributed by atoms with Crippen LogP contribution in [0.1, 0.15) is 11.1 Å². The van der Waals surface area contributed by atoms with Crippen molar-refractivity contribution < 1.29 is 50.3 Å². The second-order valence-electron chi connectivity index (χ2n) is 5.86. The molecule has 0 aliphatic rings. The van der Waals surface area contributed by atoms with Crippen molar-refractivity contribution >= 4 is 0 Å². The molecule has 0 atom stereocenters. The van der Waals surface area contributed by atoms with Gasteiger partial charge in [-0.05, 0) is 0 Å². The molecule has 0 heterocycles. The molecule has 3 heteroatoms. The van der Waals surface area contributed by atoms with Crippen LogP contribution in [0.5, 0.6) is 0 Å². The van der Waals surface area contributed by atoms with Gasteiger partial charge in [0.05, 0.1) is 0 Å². The standard InChI is InChI=1S/2C7H7.3C5H5.3Co/c2*1-7-5-3-2-4-6-7;3*1-2-4-5-3-1;;;/h2*2-6H,1H2;3*1-5H;;;/q5*-1;;;. The fourth-order valence-corrected chi connectivity index (χ4v) is 1.92. The van der Waals surface area contributed by atoms with E-state index in [1.165, 1.54) is 0 Å². The van der Waals surface area contributed by atoms with Crippen molar-refractivity contribution in [1.29, 1.82) is 0 Å². The van der Waals surface area contributed by atoms with Gasteiger partial charge in [-0.3, -0.25) is 0 Å². The maximum Gasteiger partial charge on any atom is 0 e. The van der Waals surface area contributed by atoms with Crippen LogP contribution < -0.4 is 0 Å². The van der Waals surface area contributed by atoms with Crippen LogP contribution in [-0.4, -0.2) is 0 Å². The fraction of sp³-hybridized carbons (Fsp3) is 0. The second kappa shape index (κ2) is 26.8. The van der Waals surface area contributed by atoms with Crippen LogP contribution >= 0.6 is 0 Å². The van der Waals surface area contributed by atoms with E-state index in [1.54, 1.807) is 0 Å².